The summed E-state index contributed by atoms with van der Waals surface area (Å²) in [6, 6.07) is 4.69. The Morgan fingerprint density at radius 2 is 1.73 bits per heavy atom. The Kier molecular flexibility index (Phi) is 9.34. The number of carbonyl (C=O) groups excluding carboxylic acids is 3. The molecule has 2 aliphatic heterocycles. The monoisotopic (exact) mass is 623 g/mol. The number of nitrogens with zero attached hydrogens (tertiary/aromatic N) is 3. The highest BCUT2D eigenvalue weighted by atomic mass is 16.6. The lowest BCUT2D eigenvalue weighted by Crippen LogP contribution is -2.50. The van der Waals surface area contributed by atoms with Crippen LogP contribution in [0.4, 0.5) is 0 Å². The average molecular weight is 624 g/mol. The molecule has 1 aromatic heterocycles. The van der Waals surface area contributed by atoms with Gasteiger partial charge in [-0.1, -0.05) is 40.5 Å². The van der Waals surface area contributed by atoms with E-state index in [2.05, 4.69) is 0 Å². The fraction of sp³-hybridized carbons (Fsp3) is 0.686. The van der Waals surface area contributed by atoms with Gasteiger partial charge in [0.2, 0.25) is 11.8 Å². The summed E-state index contributed by atoms with van der Waals surface area (Å²) in [6.45, 7) is 13.3. The Balaban J connectivity index is 1.54. The first-order valence-electron chi connectivity index (χ1n) is 16.4. The maximum absolute atomic E-state index is 14.4. The summed E-state index contributed by atoms with van der Waals surface area (Å²) in [7, 11) is 1.61. The maximum atomic E-state index is 14.4. The van der Waals surface area contributed by atoms with Gasteiger partial charge in [0.05, 0.1) is 37.0 Å². The number of hydrogen-bond donors (Lipinski definition) is 0. The molecule has 1 saturated heterocycles. The van der Waals surface area contributed by atoms with E-state index in [1.165, 1.54) is 0 Å². The van der Waals surface area contributed by atoms with E-state index in [-0.39, 0.29) is 30.9 Å². The van der Waals surface area contributed by atoms with Crippen LogP contribution in [0.15, 0.2) is 18.2 Å². The molecule has 0 unspecified atom stereocenters. The molecule has 1 amide bonds. The van der Waals surface area contributed by atoms with Crippen LogP contribution in [0.2, 0.25) is 0 Å². The molecule has 10 nitrogen and oxygen atoms in total. The van der Waals surface area contributed by atoms with Gasteiger partial charge in [0.15, 0.2) is 0 Å². The molecular formula is C35H49N3O7. The van der Waals surface area contributed by atoms with Gasteiger partial charge in [-0.15, -0.1) is 0 Å². The first kappa shape index (κ1) is 32.9. The molecule has 2 bridgehead atoms. The second-order valence-corrected chi connectivity index (χ2v) is 15.1. The molecule has 1 saturated carbocycles. The molecule has 45 heavy (non-hydrogen) atoms. The Labute approximate surface area is 266 Å². The number of aryl methyl sites for hydroxylation is 1. The first-order valence-corrected chi connectivity index (χ1v) is 16.4. The van der Waals surface area contributed by atoms with Gasteiger partial charge >= 0.3 is 11.9 Å². The number of amides is 1. The Morgan fingerprint density at radius 1 is 0.978 bits per heavy atom. The summed E-state index contributed by atoms with van der Waals surface area (Å²) in [5.74, 6) is -0.814. The van der Waals surface area contributed by atoms with Gasteiger partial charge in [0.1, 0.15) is 35.3 Å². The molecule has 0 spiro atoms. The minimum absolute atomic E-state index is 0.0505. The van der Waals surface area contributed by atoms with Crippen LogP contribution in [-0.2, 0) is 30.3 Å². The fourth-order valence-corrected chi connectivity index (χ4v) is 6.51. The van der Waals surface area contributed by atoms with Crippen molar-refractivity contribution in [3.8, 4) is 11.6 Å². The van der Waals surface area contributed by atoms with Crippen molar-refractivity contribution >= 4 is 28.9 Å². The predicted molar refractivity (Wildman–Crippen MR) is 169 cm³/mol. The Morgan fingerprint density at radius 3 is 2.42 bits per heavy atom. The van der Waals surface area contributed by atoms with Crippen LogP contribution in [0.5, 0.6) is 11.6 Å². The highest BCUT2D eigenvalue weighted by Gasteiger charge is 2.52. The quantitative estimate of drug-likeness (QED) is 0.390. The number of hydrogen-bond acceptors (Lipinski definition) is 9. The van der Waals surface area contributed by atoms with Gasteiger partial charge in [0.25, 0.3) is 0 Å². The minimum atomic E-state index is -0.894. The third-order valence-electron chi connectivity index (χ3n) is 9.24. The smallest absolute Gasteiger partial charge is 0.329 e. The van der Waals surface area contributed by atoms with Crippen LogP contribution in [0.25, 0.3) is 11.0 Å². The van der Waals surface area contributed by atoms with Crippen molar-refractivity contribution in [1.82, 2.24) is 14.9 Å². The molecule has 1 aromatic carbocycles. The molecule has 0 radical (unpaired) electrons. The number of fused-ring (bicyclic) bond motifs is 5. The highest BCUT2D eigenvalue weighted by Crippen LogP contribution is 2.41. The summed E-state index contributed by atoms with van der Waals surface area (Å²) < 4.78 is 23.7. The lowest BCUT2D eigenvalue weighted by atomic mass is 9.77. The molecule has 5 rings (SSSR count). The van der Waals surface area contributed by atoms with E-state index in [1.54, 1.807) is 12.0 Å². The minimum Gasteiger partial charge on any atom is -0.497 e. The second-order valence-electron chi connectivity index (χ2n) is 15.1. The molecule has 0 N–H and O–H groups in total. The fourth-order valence-electron chi connectivity index (χ4n) is 6.51. The molecule has 2 fully saturated rings. The zero-order valence-electron chi connectivity index (χ0n) is 28.1. The second kappa shape index (κ2) is 12.8. The van der Waals surface area contributed by atoms with Gasteiger partial charge in [-0.25, -0.2) is 14.8 Å². The van der Waals surface area contributed by atoms with Crippen molar-refractivity contribution in [2.75, 3.05) is 13.7 Å². The number of carbonyl (C=O) groups is 3. The molecular weight excluding hydrogens is 574 g/mol. The number of benzene rings is 1. The summed E-state index contributed by atoms with van der Waals surface area (Å²) in [5.41, 5.74) is 0.838. The van der Waals surface area contributed by atoms with Gasteiger partial charge in [0, 0.05) is 12.0 Å². The zero-order chi connectivity index (χ0) is 32.7. The Hall–Kier alpha value is -3.43. The molecule has 3 heterocycles. The highest BCUT2D eigenvalue weighted by molar-refractivity contribution is 5.89. The molecule has 1 aliphatic carbocycles. The first-order chi connectivity index (χ1) is 21.1. The van der Waals surface area contributed by atoms with Crippen LogP contribution in [0.3, 0.4) is 0 Å². The third kappa shape index (κ3) is 7.69. The summed E-state index contributed by atoms with van der Waals surface area (Å²) in [6.07, 6.45) is 4.80. The lowest BCUT2D eigenvalue weighted by molar-refractivity contribution is -0.166. The number of aromatic nitrogens is 2. The van der Waals surface area contributed by atoms with Gasteiger partial charge in [-0.05, 0) is 69.9 Å². The average Bonchev–Trinajstić information content (AvgIpc) is 3.59. The maximum Gasteiger partial charge on any atom is 0.329 e. The molecule has 3 aliphatic rings. The number of ether oxygens (including phenoxy) is 4. The van der Waals surface area contributed by atoms with E-state index >= 15 is 0 Å². The topological polar surface area (TPSA) is 117 Å². The van der Waals surface area contributed by atoms with Crippen LogP contribution >= 0.6 is 0 Å². The largest absolute Gasteiger partial charge is 0.497 e. The van der Waals surface area contributed by atoms with Gasteiger partial charge in [-0.2, -0.15) is 0 Å². The number of methoxy groups -OCH3 is 1. The van der Waals surface area contributed by atoms with Crippen LogP contribution in [0.1, 0.15) is 92.7 Å². The molecule has 2 aromatic rings. The van der Waals surface area contributed by atoms with Crippen molar-refractivity contribution < 1.29 is 33.3 Å². The summed E-state index contributed by atoms with van der Waals surface area (Å²) in [5, 5.41) is 0. The lowest BCUT2D eigenvalue weighted by Gasteiger charge is -2.35. The van der Waals surface area contributed by atoms with Crippen LogP contribution in [-0.4, -0.2) is 70.2 Å². The van der Waals surface area contributed by atoms with Crippen LogP contribution in [0, 0.1) is 23.2 Å². The molecule has 6 atom stereocenters. The molecule has 10 heteroatoms. The summed E-state index contributed by atoms with van der Waals surface area (Å²) >= 11 is 0. The third-order valence-corrected chi connectivity index (χ3v) is 9.24. The van der Waals surface area contributed by atoms with Crippen molar-refractivity contribution in [2.45, 2.75) is 117 Å². The van der Waals surface area contributed by atoms with Gasteiger partial charge < -0.3 is 23.8 Å². The van der Waals surface area contributed by atoms with Crippen molar-refractivity contribution in [3.05, 3.63) is 23.9 Å². The Bertz CT molecular complexity index is 1430. The summed E-state index contributed by atoms with van der Waals surface area (Å²) in [4.78, 5) is 52.7. The van der Waals surface area contributed by atoms with E-state index in [1.807, 2.05) is 66.7 Å². The van der Waals surface area contributed by atoms with E-state index in [0.717, 1.165) is 43.3 Å². The zero-order valence-corrected chi connectivity index (χ0v) is 28.1. The molecule has 246 valence electrons. The van der Waals surface area contributed by atoms with E-state index in [9.17, 15) is 14.4 Å². The van der Waals surface area contributed by atoms with Crippen LogP contribution < -0.4 is 9.47 Å². The number of esters is 2. The van der Waals surface area contributed by atoms with E-state index < -0.39 is 41.0 Å². The normalized spacial score (nSPS) is 28.2. The van der Waals surface area contributed by atoms with Gasteiger partial charge in [-0.3, -0.25) is 9.59 Å². The van der Waals surface area contributed by atoms with Crippen molar-refractivity contribution in [1.29, 1.82) is 0 Å². The SMILES string of the molecule is COc1ccc2nc3c(nc2c1)O[C@H]1CN(C(=O)[C@H](C(C)(C)C)CC(=O)O[C@@H]2C[C@H]2CCCCC3)[C@H](C(=O)OC(C)(C)C)[C@@H]1C. The standard InChI is InChI=1S/C35H49N3O7/c1-20-28-19-38(30(20)33(41)45-35(5,6)7)32(40)23(34(2,3)4)18-29(39)43-27-16-21(27)12-10-9-11-13-25-31(44-28)37-26-17-22(42-8)14-15-24(26)36-25/h14-15,17,20-21,23,27-28,30H,9-13,16,18-19H2,1-8H3/t20-,21-,23-,27-,28+,30+/m1/s1. The van der Waals surface area contributed by atoms with Crippen molar-refractivity contribution in [2.24, 2.45) is 23.2 Å². The predicted octanol–water partition coefficient (Wildman–Crippen LogP) is 5.68. The van der Waals surface area contributed by atoms with Crippen molar-refractivity contribution in [3.63, 3.8) is 0 Å². The van der Waals surface area contributed by atoms with E-state index in [4.69, 9.17) is 28.9 Å². The van der Waals surface area contributed by atoms with E-state index in [0.29, 0.717) is 29.5 Å². The number of rotatable bonds is 2.